The van der Waals surface area contributed by atoms with Gasteiger partial charge in [0, 0.05) is 12.3 Å². The normalized spacial score (nSPS) is 12.5. The SMILES string of the molecule is Cc1c[nH]c(=O)cc1C(N)C(N)=O. The van der Waals surface area contributed by atoms with Crippen LogP contribution in [0.3, 0.4) is 0 Å². The van der Waals surface area contributed by atoms with E-state index < -0.39 is 11.9 Å². The lowest BCUT2D eigenvalue weighted by Gasteiger charge is -2.09. The Morgan fingerprint density at radius 3 is 2.77 bits per heavy atom. The van der Waals surface area contributed by atoms with Gasteiger partial charge in [0.05, 0.1) is 0 Å². The zero-order valence-corrected chi connectivity index (χ0v) is 7.20. The number of aryl methyl sites for hydroxylation is 1. The molecule has 0 radical (unpaired) electrons. The molecular formula is C8H11N3O2. The highest BCUT2D eigenvalue weighted by molar-refractivity contribution is 5.81. The number of aromatic amines is 1. The Bertz CT molecular complexity index is 383. The molecule has 0 saturated carbocycles. The van der Waals surface area contributed by atoms with E-state index in [-0.39, 0.29) is 5.56 Å². The summed E-state index contributed by atoms with van der Waals surface area (Å²) in [4.78, 5) is 24.1. The van der Waals surface area contributed by atoms with Crippen molar-refractivity contribution in [1.82, 2.24) is 4.98 Å². The Morgan fingerprint density at radius 1 is 1.62 bits per heavy atom. The molecule has 0 aliphatic carbocycles. The first-order chi connectivity index (χ1) is 6.02. The van der Waals surface area contributed by atoms with Crippen molar-refractivity contribution < 1.29 is 4.79 Å². The molecule has 13 heavy (non-hydrogen) atoms. The fourth-order valence-electron chi connectivity index (χ4n) is 1.05. The van der Waals surface area contributed by atoms with Crippen molar-refractivity contribution in [2.75, 3.05) is 0 Å². The van der Waals surface area contributed by atoms with Crippen molar-refractivity contribution in [3.05, 3.63) is 33.7 Å². The lowest BCUT2D eigenvalue weighted by Crippen LogP contribution is -2.29. The first-order valence-electron chi connectivity index (χ1n) is 3.76. The second-order valence-corrected chi connectivity index (χ2v) is 2.82. The van der Waals surface area contributed by atoms with E-state index in [1.54, 1.807) is 6.92 Å². The molecule has 0 aromatic carbocycles. The van der Waals surface area contributed by atoms with Gasteiger partial charge in [-0.3, -0.25) is 9.59 Å². The number of nitrogens with two attached hydrogens (primary N) is 2. The fraction of sp³-hybridized carbons (Fsp3) is 0.250. The van der Waals surface area contributed by atoms with Gasteiger partial charge in [-0.05, 0) is 18.1 Å². The largest absolute Gasteiger partial charge is 0.368 e. The second-order valence-electron chi connectivity index (χ2n) is 2.82. The van der Waals surface area contributed by atoms with Crippen molar-refractivity contribution in [2.45, 2.75) is 13.0 Å². The van der Waals surface area contributed by atoms with Crippen LogP contribution in [0.15, 0.2) is 17.1 Å². The minimum Gasteiger partial charge on any atom is -0.368 e. The maximum absolute atomic E-state index is 10.9. The average molecular weight is 181 g/mol. The molecule has 0 bridgehead atoms. The Morgan fingerprint density at radius 2 is 2.23 bits per heavy atom. The molecule has 1 amide bonds. The molecule has 1 rings (SSSR count). The quantitative estimate of drug-likeness (QED) is 0.554. The van der Waals surface area contributed by atoms with Gasteiger partial charge in [0.1, 0.15) is 6.04 Å². The van der Waals surface area contributed by atoms with E-state index in [0.717, 1.165) is 5.56 Å². The summed E-state index contributed by atoms with van der Waals surface area (Å²) in [6.07, 6.45) is 1.50. The number of hydrogen-bond donors (Lipinski definition) is 3. The van der Waals surface area contributed by atoms with Crippen LogP contribution >= 0.6 is 0 Å². The molecule has 0 saturated heterocycles. The maximum Gasteiger partial charge on any atom is 0.248 e. The van der Waals surface area contributed by atoms with E-state index in [4.69, 9.17) is 11.5 Å². The molecular weight excluding hydrogens is 170 g/mol. The molecule has 0 fully saturated rings. The number of nitrogens with one attached hydrogen (secondary N) is 1. The summed E-state index contributed by atoms with van der Waals surface area (Å²) in [5, 5.41) is 0. The number of rotatable bonds is 2. The first kappa shape index (κ1) is 9.47. The van der Waals surface area contributed by atoms with Gasteiger partial charge in [-0.2, -0.15) is 0 Å². The topological polar surface area (TPSA) is 102 Å². The second kappa shape index (κ2) is 3.40. The van der Waals surface area contributed by atoms with Gasteiger partial charge in [0.2, 0.25) is 11.5 Å². The van der Waals surface area contributed by atoms with Crippen LogP contribution in [-0.2, 0) is 4.79 Å². The summed E-state index contributed by atoms with van der Waals surface area (Å²) in [7, 11) is 0. The van der Waals surface area contributed by atoms with E-state index in [9.17, 15) is 9.59 Å². The Labute approximate surface area is 74.7 Å². The molecule has 0 aliphatic rings. The molecule has 5 nitrogen and oxygen atoms in total. The van der Waals surface area contributed by atoms with Gasteiger partial charge >= 0.3 is 0 Å². The Balaban J connectivity index is 3.20. The molecule has 0 spiro atoms. The van der Waals surface area contributed by atoms with Crippen LogP contribution in [0.5, 0.6) is 0 Å². The van der Waals surface area contributed by atoms with E-state index in [0.29, 0.717) is 5.56 Å². The maximum atomic E-state index is 10.9. The highest BCUT2D eigenvalue weighted by Gasteiger charge is 2.14. The van der Waals surface area contributed by atoms with Gasteiger partial charge in [-0.15, -0.1) is 0 Å². The number of amides is 1. The van der Waals surface area contributed by atoms with Crippen molar-refractivity contribution in [3.8, 4) is 0 Å². The zero-order valence-electron chi connectivity index (χ0n) is 7.20. The number of hydrogen-bond acceptors (Lipinski definition) is 3. The monoisotopic (exact) mass is 181 g/mol. The predicted molar refractivity (Wildman–Crippen MR) is 47.9 cm³/mol. The summed E-state index contributed by atoms with van der Waals surface area (Å²) in [6.45, 7) is 1.74. The van der Waals surface area contributed by atoms with Crippen molar-refractivity contribution >= 4 is 5.91 Å². The number of H-pyrrole nitrogens is 1. The summed E-state index contributed by atoms with van der Waals surface area (Å²) in [5.41, 5.74) is 11.4. The Kier molecular flexibility index (Phi) is 2.48. The Hall–Kier alpha value is -1.62. The van der Waals surface area contributed by atoms with Crippen molar-refractivity contribution in [1.29, 1.82) is 0 Å². The average Bonchev–Trinajstić information content (AvgIpc) is 2.08. The lowest BCUT2D eigenvalue weighted by molar-refractivity contribution is -0.119. The van der Waals surface area contributed by atoms with E-state index in [2.05, 4.69) is 4.98 Å². The highest BCUT2D eigenvalue weighted by atomic mass is 16.1. The number of carbonyl (C=O) groups excluding carboxylic acids is 1. The molecule has 0 aliphatic heterocycles. The third kappa shape index (κ3) is 1.94. The molecule has 1 aromatic heterocycles. The lowest BCUT2D eigenvalue weighted by atomic mass is 10.0. The molecule has 70 valence electrons. The van der Waals surface area contributed by atoms with Crippen LogP contribution in [0.4, 0.5) is 0 Å². The predicted octanol–water partition coefficient (Wildman–Crippen LogP) is -0.832. The zero-order chi connectivity index (χ0) is 10.0. The molecule has 1 heterocycles. The molecule has 1 aromatic rings. The first-order valence-corrected chi connectivity index (χ1v) is 3.76. The fourth-order valence-corrected chi connectivity index (χ4v) is 1.05. The molecule has 1 atom stereocenters. The van der Waals surface area contributed by atoms with Crippen LogP contribution in [0, 0.1) is 6.92 Å². The van der Waals surface area contributed by atoms with Crippen LogP contribution in [0.25, 0.3) is 0 Å². The minimum absolute atomic E-state index is 0.294. The van der Waals surface area contributed by atoms with Crippen LogP contribution < -0.4 is 17.0 Å². The van der Waals surface area contributed by atoms with E-state index in [1.807, 2.05) is 0 Å². The standard InChI is InChI=1S/C8H11N3O2/c1-4-3-11-6(12)2-5(4)7(9)8(10)13/h2-3,7H,9H2,1H3,(H2,10,13)(H,11,12). The third-order valence-electron chi connectivity index (χ3n) is 1.81. The number of primary amides is 1. The van der Waals surface area contributed by atoms with Gasteiger partial charge in [0.25, 0.3) is 0 Å². The summed E-state index contributed by atoms with van der Waals surface area (Å²) in [5.74, 6) is -0.645. The summed E-state index contributed by atoms with van der Waals surface area (Å²) < 4.78 is 0. The molecule has 5 heteroatoms. The van der Waals surface area contributed by atoms with E-state index in [1.165, 1.54) is 12.3 Å². The molecule has 5 N–H and O–H groups in total. The number of aromatic nitrogens is 1. The number of carbonyl (C=O) groups is 1. The van der Waals surface area contributed by atoms with Crippen molar-refractivity contribution in [2.24, 2.45) is 11.5 Å². The molecule has 1 unspecified atom stereocenters. The highest BCUT2D eigenvalue weighted by Crippen LogP contribution is 2.11. The van der Waals surface area contributed by atoms with Crippen LogP contribution in [0.2, 0.25) is 0 Å². The summed E-state index contributed by atoms with van der Waals surface area (Å²) >= 11 is 0. The van der Waals surface area contributed by atoms with Crippen LogP contribution in [0.1, 0.15) is 17.2 Å². The van der Waals surface area contributed by atoms with E-state index >= 15 is 0 Å². The smallest absolute Gasteiger partial charge is 0.248 e. The van der Waals surface area contributed by atoms with Crippen LogP contribution in [-0.4, -0.2) is 10.9 Å². The minimum atomic E-state index is -0.915. The van der Waals surface area contributed by atoms with Gasteiger partial charge < -0.3 is 16.5 Å². The van der Waals surface area contributed by atoms with Gasteiger partial charge in [-0.1, -0.05) is 0 Å². The van der Waals surface area contributed by atoms with Gasteiger partial charge in [0.15, 0.2) is 0 Å². The van der Waals surface area contributed by atoms with Gasteiger partial charge in [-0.25, -0.2) is 0 Å². The van der Waals surface area contributed by atoms with Crippen molar-refractivity contribution in [3.63, 3.8) is 0 Å². The number of pyridine rings is 1. The third-order valence-corrected chi connectivity index (χ3v) is 1.81. The summed E-state index contributed by atoms with van der Waals surface area (Å²) in [6, 6.07) is 0.368.